The van der Waals surface area contributed by atoms with E-state index < -0.39 is 0 Å². The van der Waals surface area contributed by atoms with Crippen molar-refractivity contribution in [3.8, 4) is 6.07 Å². The van der Waals surface area contributed by atoms with Gasteiger partial charge in [-0.25, -0.2) is 0 Å². The number of hydrogen-bond acceptors (Lipinski definition) is 3. The summed E-state index contributed by atoms with van der Waals surface area (Å²) in [7, 11) is 1.92. The second-order valence-corrected chi connectivity index (χ2v) is 6.09. The van der Waals surface area contributed by atoms with Crippen LogP contribution in [0.25, 0.3) is 10.8 Å². The number of anilines is 1. The number of nitriles is 1. The predicted molar refractivity (Wildman–Crippen MR) is 100 cm³/mol. The lowest BCUT2D eigenvalue weighted by Gasteiger charge is -2.17. The lowest BCUT2D eigenvalue weighted by molar-refractivity contribution is -0.117. The van der Waals surface area contributed by atoms with E-state index in [1.807, 2.05) is 24.1 Å². The molecule has 0 atom stereocenters. The van der Waals surface area contributed by atoms with Gasteiger partial charge in [0.05, 0.1) is 18.2 Å². The van der Waals surface area contributed by atoms with Crippen LogP contribution in [-0.4, -0.2) is 24.4 Å². The summed E-state index contributed by atoms with van der Waals surface area (Å²) in [5, 5.41) is 14.1. The minimum Gasteiger partial charge on any atom is -0.325 e. The summed E-state index contributed by atoms with van der Waals surface area (Å²) in [6, 6.07) is 23.5. The zero-order valence-electron chi connectivity index (χ0n) is 14.1. The molecule has 0 fully saturated rings. The van der Waals surface area contributed by atoms with E-state index >= 15 is 0 Å². The van der Waals surface area contributed by atoms with Crippen LogP contribution in [0.2, 0.25) is 0 Å². The molecule has 3 aromatic rings. The zero-order chi connectivity index (χ0) is 17.6. The smallest absolute Gasteiger partial charge is 0.238 e. The Morgan fingerprint density at radius 3 is 2.48 bits per heavy atom. The number of likely N-dealkylation sites (N-methyl/N-ethyl adjacent to an activating group) is 1. The monoisotopic (exact) mass is 329 g/mol. The largest absolute Gasteiger partial charge is 0.325 e. The van der Waals surface area contributed by atoms with Crippen molar-refractivity contribution in [1.29, 1.82) is 5.26 Å². The Kier molecular flexibility index (Phi) is 5.08. The normalized spacial score (nSPS) is 10.6. The van der Waals surface area contributed by atoms with E-state index in [1.54, 1.807) is 24.3 Å². The zero-order valence-corrected chi connectivity index (χ0v) is 14.1. The third-order valence-corrected chi connectivity index (χ3v) is 3.98. The summed E-state index contributed by atoms with van der Waals surface area (Å²) >= 11 is 0. The number of rotatable bonds is 5. The number of amides is 1. The molecule has 0 radical (unpaired) electrons. The number of benzene rings is 3. The quantitative estimate of drug-likeness (QED) is 0.775. The third-order valence-electron chi connectivity index (χ3n) is 3.98. The van der Waals surface area contributed by atoms with Gasteiger partial charge in [0.15, 0.2) is 0 Å². The Labute approximate surface area is 147 Å². The Morgan fingerprint density at radius 2 is 1.76 bits per heavy atom. The maximum Gasteiger partial charge on any atom is 0.238 e. The van der Waals surface area contributed by atoms with Crippen molar-refractivity contribution < 1.29 is 4.79 Å². The number of hydrogen-bond donors (Lipinski definition) is 1. The first-order chi connectivity index (χ1) is 12.1. The van der Waals surface area contributed by atoms with Crippen molar-refractivity contribution in [1.82, 2.24) is 4.90 Å². The Bertz CT molecular complexity index is 926. The molecule has 124 valence electrons. The molecule has 3 rings (SSSR count). The second kappa shape index (κ2) is 7.61. The van der Waals surface area contributed by atoms with Crippen molar-refractivity contribution >= 4 is 22.4 Å². The van der Waals surface area contributed by atoms with Crippen molar-refractivity contribution in [2.24, 2.45) is 0 Å². The molecule has 0 unspecified atom stereocenters. The fourth-order valence-electron chi connectivity index (χ4n) is 2.78. The molecule has 0 aliphatic heterocycles. The standard InChI is InChI=1S/C21H19N3O/c1-24(14-17-6-9-18-4-2-3-5-19(18)12-17)15-21(25)23-20-10-7-16(13-22)8-11-20/h2-12H,14-15H2,1H3,(H,23,25). The van der Waals surface area contributed by atoms with Crippen LogP contribution in [0.1, 0.15) is 11.1 Å². The molecular weight excluding hydrogens is 310 g/mol. The maximum atomic E-state index is 12.2. The highest BCUT2D eigenvalue weighted by Crippen LogP contribution is 2.16. The van der Waals surface area contributed by atoms with Gasteiger partial charge in [-0.3, -0.25) is 9.69 Å². The molecule has 3 aromatic carbocycles. The summed E-state index contributed by atoms with van der Waals surface area (Å²) in [6.07, 6.45) is 0. The minimum atomic E-state index is -0.0759. The molecule has 0 aromatic heterocycles. The van der Waals surface area contributed by atoms with Gasteiger partial charge < -0.3 is 5.32 Å². The Morgan fingerprint density at radius 1 is 1.04 bits per heavy atom. The lowest BCUT2D eigenvalue weighted by atomic mass is 10.1. The van der Waals surface area contributed by atoms with Gasteiger partial charge in [-0.2, -0.15) is 5.26 Å². The van der Waals surface area contributed by atoms with Crippen LogP contribution in [0.15, 0.2) is 66.7 Å². The van der Waals surface area contributed by atoms with Gasteiger partial charge in [-0.05, 0) is 53.7 Å². The lowest BCUT2D eigenvalue weighted by Crippen LogP contribution is -2.29. The second-order valence-electron chi connectivity index (χ2n) is 6.09. The summed E-state index contributed by atoms with van der Waals surface area (Å²) in [4.78, 5) is 14.1. The minimum absolute atomic E-state index is 0.0759. The maximum absolute atomic E-state index is 12.2. The third kappa shape index (κ3) is 4.43. The van der Waals surface area contributed by atoms with Crippen molar-refractivity contribution in [2.45, 2.75) is 6.54 Å². The molecule has 0 heterocycles. The van der Waals surface area contributed by atoms with Gasteiger partial charge in [-0.1, -0.05) is 36.4 Å². The van der Waals surface area contributed by atoms with E-state index in [1.165, 1.54) is 16.3 Å². The molecular formula is C21H19N3O. The number of carbonyl (C=O) groups is 1. The van der Waals surface area contributed by atoms with Crippen LogP contribution in [-0.2, 0) is 11.3 Å². The Hall–Kier alpha value is -3.16. The molecule has 0 aliphatic carbocycles. The molecule has 4 nitrogen and oxygen atoms in total. The topological polar surface area (TPSA) is 56.1 Å². The number of fused-ring (bicyclic) bond motifs is 1. The van der Waals surface area contributed by atoms with E-state index in [2.05, 4.69) is 41.7 Å². The van der Waals surface area contributed by atoms with Gasteiger partial charge in [-0.15, -0.1) is 0 Å². The molecule has 0 saturated carbocycles. The highest BCUT2D eigenvalue weighted by molar-refractivity contribution is 5.92. The summed E-state index contributed by atoms with van der Waals surface area (Å²) < 4.78 is 0. The van der Waals surface area contributed by atoms with Crippen LogP contribution >= 0.6 is 0 Å². The number of carbonyl (C=O) groups excluding carboxylic acids is 1. The number of nitrogens with zero attached hydrogens (tertiary/aromatic N) is 2. The van der Waals surface area contributed by atoms with Gasteiger partial charge >= 0.3 is 0 Å². The van der Waals surface area contributed by atoms with Crippen LogP contribution in [0, 0.1) is 11.3 Å². The van der Waals surface area contributed by atoms with Crippen LogP contribution in [0.5, 0.6) is 0 Å². The van der Waals surface area contributed by atoms with Crippen LogP contribution in [0.4, 0.5) is 5.69 Å². The van der Waals surface area contributed by atoms with E-state index in [4.69, 9.17) is 5.26 Å². The fourth-order valence-corrected chi connectivity index (χ4v) is 2.78. The molecule has 1 N–H and O–H groups in total. The molecule has 0 bridgehead atoms. The summed E-state index contributed by atoms with van der Waals surface area (Å²) in [5.74, 6) is -0.0759. The van der Waals surface area contributed by atoms with Gasteiger partial charge in [0.1, 0.15) is 0 Å². The van der Waals surface area contributed by atoms with E-state index in [9.17, 15) is 4.79 Å². The van der Waals surface area contributed by atoms with Crippen LogP contribution in [0.3, 0.4) is 0 Å². The summed E-state index contributed by atoms with van der Waals surface area (Å²) in [6.45, 7) is 0.998. The number of nitrogens with one attached hydrogen (secondary N) is 1. The molecule has 0 aliphatic rings. The summed E-state index contributed by atoms with van der Waals surface area (Å²) in [5.41, 5.74) is 2.45. The van der Waals surface area contributed by atoms with Crippen LogP contribution < -0.4 is 5.32 Å². The predicted octanol–water partition coefficient (Wildman–Crippen LogP) is 3.78. The van der Waals surface area contributed by atoms with Gasteiger partial charge in [0, 0.05) is 12.2 Å². The SMILES string of the molecule is CN(CC(=O)Nc1ccc(C#N)cc1)Cc1ccc2ccccc2c1. The first-order valence-electron chi connectivity index (χ1n) is 8.10. The first kappa shape index (κ1) is 16.7. The van der Waals surface area contributed by atoms with Crippen molar-refractivity contribution in [3.63, 3.8) is 0 Å². The van der Waals surface area contributed by atoms with Crippen molar-refractivity contribution in [3.05, 3.63) is 77.9 Å². The van der Waals surface area contributed by atoms with E-state index in [0.29, 0.717) is 24.3 Å². The molecule has 4 heteroatoms. The average Bonchev–Trinajstić information content (AvgIpc) is 2.62. The highest BCUT2D eigenvalue weighted by atomic mass is 16.2. The van der Waals surface area contributed by atoms with Crippen molar-refractivity contribution in [2.75, 3.05) is 18.9 Å². The molecule has 0 spiro atoms. The highest BCUT2D eigenvalue weighted by Gasteiger charge is 2.08. The molecule has 0 saturated heterocycles. The Balaban J connectivity index is 1.57. The van der Waals surface area contributed by atoms with Gasteiger partial charge in [0.2, 0.25) is 5.91 Å². The first-order valence-corrected chi connectivity index (χ1v) is 8.10. The average molecular weight is 329 g/mol. The van der Waals surface area contributed by atoms with E-state index in [-0.39, 0.29) is 5.91 Å². The molecule has 1 amide bonds. The fraction of sp³-hybridized carbons (Fsp3) is 0.143. The molecule has 25 heavy (non-hydrogen) atoms. The van der Waals surface area contributed by atoms with E-state index in [0.717, 1.165) is 0 Å². The van der Waals surface area contributed by atoms with Gasteiger partial charge in [0.25, 0.3) is 0 Å².